The van der Waals surface area contributed by atoms with Gasteiger partial charge < -0.3 is 20.4 Å². The van der Waals surface area contributed by atoms with Crippen molar-refractivity contribution in [3.05, 3.63) is 58.3 Å². The van der Waals surface area contributed by atoms with E-state index in [2.05, 4.69) is 40.3 Å². The normalized spacial score (nSPS) is 16.1. The minimum Gasteiger partial charge on any atom is -0.354 e. The summed E-state index contributed by atoms with van der Waals surface area (Å²) < 4.78 is 0. The Bertz CT molecular complexity index is 728. The number of nitrogens with two attached hydrogens (primary N) is 1. The van der Waals surface area contributed by atoms with Crippen molar-refractivity contribution < 1.29 is 19.8 Å². The number of amides is 2. The van der Waals surface area contributed by atoms with Crippen LogP contribution in [0.4, 0.5) is 0 Å². The molecule has 2 amide bonds. The standard InChI is InChI=1S/C20H26N4O2S/c1-21-18(25)15-23-9-11-24(12-10-23)19(26)14-22-20(17-8-5-13-27-17)16-6-3-2-4-7-16/h2-8,13,20,22H,9-12,14-15H2,1H3,(H,21,25)/p+2/t20-/m1/s1. The van der Waals surface area contributed by atoms with Gasteiger partial charge in [-0.1, -0.05) is 36.4 Å². The van der Waals surface area contributed by atoms with Crippen LogP contribution in [-0.2, 0) is 9.59 Å². The molecule has 1 aromatic carbocycles. The van der Waals surface area contributed by atoms with Crippen molar-refractivity contribution in [2.45, 2.75) is 6.04 Å². The van der Waals surface area contributed by atoms with E-state index in [0.717, 1.165) is 13.1 Å². The molecule has 4 N–H and O–H groups in total. The quantitative estimate of drug-likeness (QED) is 0.562. The van der Waals surface area contributed by atoms with Crippen LogP contribution in [0.1, 0.15) is 16.5 Å². The Morgan fingerprint density at radius 3 is 2.56 bits per heavy atom. The number of nitrogens with one attached hydrogen (secondary N) is 2. The molecule has 1 aliphatic heterocycles. The van der Waals surface area contributed by atoms with E-state index in [0.29, 0.717) is 26.2 Å². The Hall–Kier alpha value is -2.22. The molecule has 2 heterocycles. The molecule has 6 nitrogen and oxygen atoms in total. The van der Waals surface area contributed by atoms with Gasteiger partial charge >= 0.3 is 0 Å². The first-order valence-electron chi connectivity index (χ1n) is 9.41. The van der Waals surface area contributed by atoms with Gasteiger partial charge in [0, 0.05) is 12.6 Å². The molecule has 2 aromatic rings. The average Bonchev–Trinajstić information content (AvgIpc) is 3.24. The molecular formula is C20H28N4O2S+2. The second-order valence-electron chi connectivity index (χ2n) is 6.82. The molecule has 0 spiro atoms. The molecule has 3 rings (SSSR count). The third-order valence-electron chi connectivity index (χ3n) is 5.05. The molecule has 0 aliphatic carbocycles. The highest BCUT2D eigenvalue weighted by Crippen LogP contribution is 2.22. The third kappa shape index (κ3) is 5.38. The molecule has 7 heteroatoms. The van der Waals surface area contributed by atoms with Gasteiger partial charge in [-0.3, -0.25) is 9.59 Å². The van der Waals surface area contributed by atoms with Gasteiger partial charge in [-0.2, -0.15) is 0 Å². The summed E-state index contributed by atoms with van der Waals surface area (Å²) >= 11 is 1.72. The maximum absolute atomic E-state index is 12.7. The maximum atomic E-state index is 12.7. The van der Waals surface area contributed by atoms with Crippen molar-refractivity contribution in [1.82, 2.24) is 10.2 Å². The summed E-state index contributed by atoms with van der Waals surface area (Å²) in [6.07, 6.45) is 0. The molecule has 1 aromatic heterocycles. The molecule has 1 saturated heterocycles. The van der Waals surface area contributed by atoms with Crippen LogP contribution in [0, 0.1) is 0 Å². The number of thiophene rings is 1. The van der Waals surface area contributed by atoms with Crippen LogP contribution in [0.25, 0.3) is 0 Å². The number of carbonyl (C=O) groups is 2. The summed E-state index contributed by atoms with van der Waals surface area (Å²) in [6, 6.07) is 14.7. The molecule has 0 unspecified atom stereocenters. The Kier molecular flexibility index (Phi) is 6.98. The molecule has 1 fully saturated rings. The van der Waals surface area contributed by atoms with Crippen molar-refractivity contribution in [2.75, 3.05) is 46.3 Å². The van der Waals surface area contributed by atoms with E-state index in [9.17, 15) is 9.59 Å². The average molecular weight is 389 g/mol. The summed E-state index contributed by atoms with van der Waals surface area (Å²) in [5.74, 6) is 0.228. The van der Waals surface area contributed by atoms with Crippen LogP contribution < -0.4 is 15.5 Å². The van der Waals surface area contributed by atoms with Crippen molar-refractivity contribution in [3.8, 4) is 0 Å². The zero-order valence-electron chi connectivity index (χ0n) is 15.7. The lowest BCUT2D eigenvalue weighted by Crippen LogP contribution is -3.16. The SMILES string of the molecule is CNC(=O)C[NH+]1CCN(C(=O)C[NH2+][C@H](c2ccccc2)c2cccs2)CC1. The summed E-state index contributed by atoms with van der Waals surface area (Å²) in [7, 11) is 1.66. The Labute approximate surface area is 164 Å². The number of hydrogen-bond acceptors (Lipinski definition) is 3. The summed E-state index contributed by atoms with van der Waals surface area (Å²) in [5.41, 5.74) is 1.22. The second-order valence-corrected chi connectivity index (χ2v) is 7.80. The molecule has 1 aliphatic rings. The first-order valence-corrected chi connectivity index (χ1v) is 10.3. The lowest BCUT2D eigenvalue weighted by Gasteiger charge is -2.31. The Morgan fingerprint density at radius 2 is 1.93 bits per heavy atom. The van der Waals surface area contributed by atoms with Crippen molar-refractivity contribution in [3.63, 3.8) is 0 Å². The largest absolute Gasteiger partial charge is 0.354 e. The minimum absolute atomic E-state index is 0.0553. The first kappa shape index (κ1) is 19.5. The third-order valence-corrected chi connectivity index (χ3v) is 6.00. The van der Waals surface area contributed by atoms with Crippen LogP contribution >= 0.6 is 11.3 Å². The van der Waals surface area contributed by atoms with E-state index >= 15 is 0 Å². The van der Waals surface area contributed by atoms with Gasteiger partial charge in [-0.05, 0) is 11.4 Å². The Balaban J connectivity index is 1.54. The van der Waals surface area contributed by atoms with Crippen LogP contribution in [0.3, 0.4) is 0 Å². The number of carbonyl (C=O) groups excluding carboxylic acids is 2. The number of likely N-dealkylation sites (N-methyl/N-ethyl adjacent to an activating group) is 1. The van der Waals surface area contributed by atoms with Gasteiger partial charge in [-0.25, -0.2) is 0 Å². The molecular weight excluding hydrogens is 360 g/mol. The highest BCUT2D eigenvalue weighted by Gasteiger charge is 2.27. The number of rotatable bonds is 7. The highest BCUT2D eigenvalue weighted by molar-refractivity contribution is 7.10. The van der Waals surface area contributed by atoms with Gasteiger partial charge in [-0.15, -0.1) is 11.3 Å². The topological polar surface area (TPSA) is 70.5 Å². The fourth-order valence-corrected chi connectivity index (χ4v) is 4.31. The van der Waals surface area contributed by atoms with E-state index in [-0.39, 0.29) is 17.9 Å². The van der Waals surface area contributed by atoms with Gasteiger partial charge in [0.1, 0.15) is 6.04 Å². The van der Waals surface area contributed by atoms with Crippen LogP contribution in [0.5, 0.6) is 0 Å². The van der Waals surface area contributed by atoms with E-state index in [1.807, 2.05) is 23.1 Å². The molecule has 1 atom stereocenters. The second kappa shape index (κ2) is 9.64. The fourth-order valence-electron chi connectivity index (χ4n) is 3.46. The minimum atomic E-state index is 0.0553. The van der Waals surface area contributed by atoms with Gasteiger partial charge in [0.25, 0.3) is 11.8 Å². The van der Waals surface area contributed by atoms with E-state index in [4.69, 9.17) is 0 Å². The lowest BCUT2D eigenvalue weighted by molar-refractivity contribution is -0.896. The smallest absolute Gasteiger partial charge is 0.278 e. The highest BCUT2D eigenvalue weighted by atomic mass is 32.1. The van der Waals surface area contributed by atoms with Crippen LogP contribution in [0.15, 0.2) is 47.8 Å². The van der Waals surface area contributed by atoms with Gasteiger partial charge in [0.05, 0.1) is 31.1 Å². The predicted molar refractivity (Wildman–Crippen MR) is 106 cm³/mol. The molecule has 0 bridgehead atoms. The van der Waals surface area contributed by atoms with Crippen LogP contribution in [-0.4, -0.2) is 63.0 Å². The molecule has 0 saturated carbocycles. The van der Waals surface area contributed by atoms with Gasteiger partial charge in [0.15, 0.2) is 13.1 Å². The van der Waals surface area contributed by atoms with Crippen molar-refractivity contribution in [2.24, 2.45) is 0 Å². The molecule has 27 heavy (non-hydrogen) atoms. The Morgan fingerprint density at radius 1 is 1.19 bits per heavy atom. The number of hydrogen-bond donors (Lipinski definition) is 3. The maximum Gasteiger partial charge on any atom is 0.278 e. The predicted octanol–water partition coefficient (Wildman–Crippen LogP) is -1.13. The zero-order chi connectivity index (χ0) is 19.1. The van der Waals surface area contributed by atoms with E-state index < -0.39 is 0 Å². The van der Waals surface area contributed by atoms with Crippen LogP contribution in [0.2, 0.25) is 0 Å². The number of nitrogens with zero attached hydrogens (tertiary/aromatic N) is 1. The van der Waals surface area contributed by atoms with E-state index in [1.54, 1.807) is 18.4 Å². The van der Waals surface area contributed by atoms with E-state index in [1.165, 1.54) is 15.3 Å². The first-order chi connectivity index (χ1) is 13.2. The fraction of sp³-hybridized carbons (Fsp3) is 0.400. The van der Waals surface area contributed by atoms with Crippen molar-refractivity contribution in [1.29, 1.82) is 0 Å². The number of piperazine rings is 1. The summed E-state index contributed by atoms with van der Waals surface area (Å²) in [6.45, 7) is 4.00. The van der Waals surface area contributed by atoms with Crippen molar-refractivity contribution >= 4 is 23.2 Å². The lowest BCUT2D eigenvalue weighted by atomic mass is 10.1. The summed E-state index contributed by atoms with van der Waals surface area (Å²) in [5, 5.41) is 6.87. The van der Waals surface area contributed by atoms with Gasteiger partial charge in [0.2, 0.25) is 0 Å². The molecule has 0 radical (unpaired) electrons. The number of benzene rings is 1. The summed E-state index contributed by atoms with van der Waals surface area (Å²) in [4.78, 5) is 28.6. The zero-order valence-corrected chi connectivity index (χ0v) is 16.5. The number of quaternary nitrogens is 2. The molecule has 144 valence electrons. The monoisotopic (exact) mass is 388 g/mol.